The zero-order valence-corrected chi connectivity index (χ0v) is 15.9. The molecule has 0 aliphatic carbocycles. The number of carboxylic acids is 1. The number of nitrogens with one attached hydrogen (secondary N) is 1. The zero-order valence-electron chi connectivity index (χ0n) is 15.1. The molecule has 2 aromatic carbocycles. The molecule has 146 valence electrons. The molecule has 8 heteroatoms. The standard InChI is InChI=1S/C20H19ClN2O5/c1-12-2-3-14(9-17(12)21)22-18(24)11-28-16-6-4-15(5-7-16)23-10-13(20(26)27)8-19(23)25/h2-7,9,13H,8,10-11H2,1H3,(H,22,24)(H,26,27). The maximum atomic E-state index is 12.0. The number of carbonyl (C=O) groups is 3. The van der Waals surface area contributed by atoms with Crippen molar-refractivity contribution in [3.63, 3.8) is 0 Å². The van der Waals surface area contributed by atoms with Crippen LogP contribution in [0.5, 0.6) is 5.75 Å². The molecule has 0 spiro atoms. The number of ether oxygens (including phenoxy) is 1. The molecule has 0 bridgehead atoms. The van der Waals surface area contributed by atoms with Crippen molar-refractivity contribution in [1.29, 1.82) is 0 Å². The number of rotatable bonds is 6. The summed E-state index contributed by atoms with van der Waals surface area (Å²) in [6, 6.07) is 11.8. The van der Waals surface area contributed by atoms with Gasteiger partial charge in [-0.15, -0.1) is 0 Å². The maximum absolute atomic E-state index is 12.0. The lowest BCUT2D eigenvalue weighted by Gasteiger charge is -2.16. The first-order valence-electron chi connectivity index (χ1n) is 8.65. The summed E-state index contributed by atoms with van der Waals surface area (Å²) in [4.78, 5) is 36.5. The molecule has 7 nitrogen and oxygen atoms in total. The Kier molecular flexibility index (Phi) is 5.84. The fraction of sp³-hybridized carbons (Fsp3) is 0.250. The van der Waals surface area contributed by atoms with Gasteiger partial charge in [0.2, 0.25) is 5.91 Å². The van der Waals surface area contributed by atoms with Crippen molar-refractivity contribution in [2.24, 2.45) is 5.92 Å². The predicted molar refractivity (Wildman–Crippen MR) is 105 cm³/mol. The van der Waals surface area contributed by atoms with Crippen LogP contribution in [0.2, 0.25) is 5.02 Å². The van der Waals surface area contributed by atoms with Crippen LogP contribution < -0.4 is 15.0 Å². The van der Waals surface area contributed by atoms with E-state index in [2.05, 4.69) is 5.32 Å². The highest BCUT2D eigenvalue weighted by atomic mass is 35.5. The first-order valence-corrected chi connectivity index (χ1v) is 9.03. The fourth-order valence-corrected chi connectivity index (χ4v) is 3.04. The Morgan fingerprint density at radius 3 is 2.57 bits per heavy atom. The fourth-order valence-electron chi connectivity index (χ4n) is 2.86. The molecule has 1 aliphatic heterocycles. The molecule has 1 aliphatic rings. The average molecular weight is 403 g/mol. The monoisotopic (exact) mass is 402 g/mol. The third-order valence-electron chi connectivity index (χ3n) is 4.45. The van der Waals surface area contributed by atoms with E-state index in [-0.39, 0.29) is 31.4 Å². The highest BCUT2D eigenvalue weighted by Gasteiger charge is 2.34. The average Bonchev–Trinajstić information content (AvgIpc) is 3.06. The number of aliphatic carboxylic acids is 1. The van der Waals surface area contributed by atoms with Crippen LogP contribution in [0.15, 0.2) is 42.5 Å². The Balaban J connectivity index is 1.54. The van der Waals surface area contributed by atoms with Gasteiger partial charge < -0.3 is 20.1 Å². The third-order valence-corrected chi connectivity index (χ3v) is 4.86. The second kappa shape index (κ2) is 8.31. The van der Waals surface area contributed by atoms with Gasteiger partial charge in [0.1, 0.15) is 5.75 Å². The van der Waals surface area contributed by atoms with E-state index >= 15 is 0 Å². The highest BCUT2D eigenvalue weighted by Crippen LogP contribution is 2.27. The van der Waals surface area contributed by atoms with Gasteiger partial charge in [-0.05, 0) is 48.9 Å². The summed E-state index contributed by atoms with van der Waals surface area (Å²) in [5.74, 6) is -1.76. The number of nitrogens with zero attached hydrogens (tertiary/aromatic N) is 1. The minimum atomic E-state index is -0.975. The molecule has 2 N–H and O–H groups in total. The number of hydrogen-bond donors (Lipinski definition) is 2. The van der Waals surface area contributed by atoms with E-state index in [1.54, 1.807) is 36.4 Å². The Morgan fingerprint density at radius 2 is 1.96 bits per heavy atom. The van der Waals surface area contributed by atoms with Gasteiger partial charge in [-0.3, -0.25) is 14.4 Å². The summed E-state index contributed by atoms with van der Waals surface area (Å²) in [7, 11) is 0. The molecule has 0 saturated carbocycles. The number of hydrogen-bond acceptors (Lipinski definition) is 4. The van der Waals surface area contributed by atoms with Crippen molar-refractivity contribution >= 4 is 40.8 Å². The van der Waals surface area contributed by atoms with Crippen molar-refractivity contribution in [1.82, 2.24) is 0 Å². The Bertz CT molecular complexity index is 913. The van der Waals surface area contributed by atoms with E-state index in [4.69, 9.17) is 21.4 Å². The normalized spacial score (nSPS) is 16.1. The molecular formula is C20H19ClN2O5. The van der Waals surface area contributed by atoms with Crippen LogP contribution in [0.4, 0.5) is 11.4 Å². The maximum Gasteiger partial charge on any atom is 0.308 e. The Hall–Kier alpha value is -3.06. The number of carbonyl (C=O) groups excluding carboxylic acids is 2. The first kappa shape index (κ1) is 19.7. The molecule has 0 aromatic heterocycles. The van der Waals surface area contributed by atoms with E-state index in [0.717, 1.165) is 5.56 Å². The third kappa shape index (κ3) is 4.61. The van der Waals surface area contributed by atoms with Gasteiger partial charge in [-0.25, -0.2) is 0 Å². The predicted octanol–water partition coefficient (Wildman–Crippen LogP) is 3.10. The van der Waals surface area contributed by atoms with E-state index in [0.29, 0.717) is 22.1 Å². The lowest BCUT2D eigenvalue weighted by atomic mass is 10.1. The van der Waals surface area contributed by atoms with Crippen molar-refractivity contribution in [2.75, 3.05) is 23.4 Å². The summed E-state index contributed by atoms with van der Waals surface area (Å²) in [5, 5.41) is 12.3. The van der Waals surface area contributed by atoms with Crippen LogP contribution in [-0.2, 0) is 14.4 Å². The molecule has 1 saturated heterocycles. The summed E-state index contributed by atoms with van der Waals surface area (Å²) < 4.78 is 5.46. The topological polar surface area (TPSA) is 95.9 Å². The Morgan fingerprint density at radius 1 is 1.25 bits per heavy atom. The van der Waals surface area contributed by atoms with Crippen LogP contribution >= 0.6 is 11.6 Å². The summed E-state index contributed by atoms with van der Waals surface area (Å²) in [6.07, 6.45) is -0.00319. The molecule has 28 heavy (non-hydrogen) atoms. The van der Waals surface area contributed by atoms with Gasteiger partial charge >= 0.3 is 5.97 Å². The first-order chi connectivity index (χ1) is 13.3. The molecular weight excluding hydrogens is 384 g/mol. The zero-order chi connectivity index (χ0) is 20.3. The molecule has 0 radical (unpaired) electrons. The van der Waals surface area contributed by atoms with E-state index in [1.807, 2.05) is 13.0 Å². The molecule has 2 aromatic rings. The van der Waals surface area contributed by atoms with Gasteiger partial charge in [0.05, 0.1) is 5.92 Å². The summed E-state index contributed by atoms with van der Waals surface area (Å²) in [6.45, 7) is 1.84. The summed E-state index contributed by atoms with van der Waals surface area (Å²) >= 11 is 6.03. The second-order valence-corrected chi connectivity index (χ2v) is 6.95. The number of aryl methyl sites for hydroxylation is 1. The van der Waals surface area contributed by atoms with Crippen molar-refractivity contribution in [3.8, 4) is 5.75 Å². The quantitative estimate of drug-likeness (QED) is 0.774. The van der Waals surface area contributed by atoms with E-state index < -0.39 is 11.9 Å². The number of carboxylic acid groups (broad SMARTS) is 1. The number of anilines is 2. The van der Waals surface area contributed by atoms with E-state index in [9.17, 15) is 14.4 Å². The SMILES string of the molecule is Cc1ccc(NC(=O)COc2ccc(N3CC(C(=O)O)CC3=O)cc2)cc1Cl. The molecule has 1 heterocycles. The van der Waals surface area contributed by atoms with Crippen LogP contribution in [0, 0.1) is 12.8 Å². The Labute approximate surface area is 166 Å². The van der Waals surface area contributed by atoms with Crippen LogP contribution in [-0.4, -0.2) is 36.0 Å². The van der Waals surface area contributed by atoms with Gasteiger partial charge in [0.15, 0.2) is 6.61 Å². The van der Waals surface area contributed by atoms with Gasteiger partial charge in [0, 0.05) is 29.4 Å². The van der Waals surface area contributed by atoms with Crippen molar-refractivity contribution < 1.29 is 24.2 Å². The van der Waals surface area contributed by atoms with Gasteiger partial charge in [-0.2, -0.15) is 0 Å². The minimum Gasteiger partial charge on any atom is -0.484 e. The smallest absolute Gasteiger partial charge is 0.308 e. The van der Waals surface area contributed by atoms with Crippen molar-refractivity contribution in [2.45, 2.75) is 13.3 Å². The van der Waals surface area contributed by atoms with Crippen LogP contribution in [0.1, 0.15) is 12.0 Å². The summed E-state index contributed by atoms with van der Waals surface area (Å²) in [5.41, 5.74) is 2.10. The van der Waals surface area contributed by atoms with Gasteiger partial charge in [0.25, 0.3) is 5.91 Å². The highest BCUT2D eigenvalue weighted by molar-refractivity contribution is 6.31. The van der Waals surface area contributed by atoms with Crippen LogP contribution in [0.3, 0.4) is 0 Å². The second-order valence-electron chi connectivity index (χ2n) is 6.54. The molecule has 1 unspecified atom stereocenters. The lowest BCUT2D eigenvalue weighted by Crippen LogP contribution is -2.25. The van der Waals surface area contributed by atoms with Gasteiger partial charge in [-0.1, -0.05) is 17.7 Å². The minimum absolute atomic E-state index is 0.00319. The number of amides is 2. The van der Waals surface area contributed by atoms with Crippen molar-refractivity contribution in [3.05, 3.63) is 53.1 Å². The largest absolute Gasteiger partial charge is 0.484 e. The molecule has 1 atom stereocenters. The number of halogens is 1. The molecule has 2 amide bonds. The van der Waals surface area contributed by atoms with Crippen LogP contribution in [0.25, 0.3) is 0 Å². The molecule has 1 fully saturated rings. The lowest BCUT2D eigenvalue weighted by molar-refractivity contribution is -0.141. The van der Waals surface area contributed by atoms with E-state index in [1.165, 1.54) is 4.90 Å². The number of benzene rings is 2. The molecule has 3 rings (SSSR count).